The van der Waals surface area contributed by atoms with Crippen molar-refractivity contribution < 1.29 is 4.79 Å². The Labute approximate surface area is 132 Å². The Morgan fingerprint density at radius 1 is 1.33 bits per heavy atom. The minimum Gasteiger partial charge on any atom is -0.389 e. The predicted molar refractivity (Wildman–Crippen MR) is 92.7 cm³/mol. The Bertz CT molecular complexity index is 487. The van der Waals surface area contributed by atoms with Gasteiger partial charge in [0.1, 0.15) is 11.0 Å². The molecule has 0 heterocycles. The average molecular weight is 307 g/mol. The van der Waals surface area contributed by atoms with Gasteiger partial charge in [-0.15, -0.1) is 0 Å². The van der Waals surface area contributed by atoms with Crippen molar-refractivity contribution in [1.29, 1.82) is 0 Å². The minimum atomic E-state index is -0.236. The Hall–Kier alpha value is -1.62. The molecular weight excluding hydrogens is 282 g/mol. The third kappa shape index (κ3) is 5.01. The zero-order valence-electron chi connectivity index (χ0n) is 13.2. The van der Waals surface area contributed by atoms with Crippen LogP contribution in [0.5, 0.6) is 0 Å². The van der Waals surface area contributed by atoms with Crippen molar-refractivity contribution in [3.63, 3.8) is 0 Å². The monoisotopic (exact) mass is 307 g/mol. The van der Waals surface area contributed by atoms with Gasteiger partial charge in [0.2, 0.25) is 5.91 Å². The second kappa shape index (κ2) is 7.98. The first-order chi connectivity index (χ1) is 9.86. The Balaban J connectivity index is 2.70. The molecule has 4 nitrogen and oxygen atoms in total. The van der Waals surface area contributed by atoms with E-state index in [4.69, 9.17) is 18.0 Å². The maximum absolute atomic E-state index is 12.2. The van der Waals surface area contributed by atoms with Crippen molar-refractivity contribution in [2.75, 3.05) is 11.9 Å². The number of benzene rings is 1. The van der Waals surface area contributed by atoms with Crippen LogP contribution in [-0.2, 0) is 4.79 Å². The molecule has 0 spiro atoms. The number of anilines is 1. The van der Waals surface area contributed by atoms with Crippen molar-refractivity contribution >= 4 is 28.8 Å². The summed E-state index contributed by atoms with van der Waals surface area (Å²) >= 11 is 4.94. The second-order valence-corrected chi connectivity index (χ2v) is 5.84. The first-order valence-electron chi connectivity index (χ1n) is 7.29. The van der Waals surface area contributed by atoms with Gasteiger partial charge < -0.3 is 16.0 Å². The van der Waals surface area contributed by atoms with Gasteiger partial charge in [0, 0.05) is 24.3 Å². The zero-order chi connectivity index (χ0) is 16.0. The van der Waals surface area contributed by atoms with E-state index in [-0.39, 0.29) is 18.0 Å². The molecule has 0 radical (unpaired) electrons. The van der Waals surface area contributed by atoms with Crippen molar-refractivity contribution in [3.05, 3.63) is 29.8 Å². The standard InChI is InChI=1S/C16H25N3OS/c1-5-6-11(2)18-16(20)12(3)19(4)14-9-7-13(8-10-14)15(17)21/h7-12H,5-6H2,1-4H3,(H2,17,21)(H,18,20). The molecule has 1 amide bonds. The molecule has 1 rings (SSSR count). The van der Waals surface area contributed by atoms with Crippen LogP contribution >= 0.6 is 12.2 Å². The number of hydrogen-bond donors (Lipinski definition) is 2. The lowest BCUT2D eigenvalue weighted by molar-refractivity contribution is -0.122. The largest absolute Gasteiger partial charge is 0.389 e. The molecule has 0 saturated heterocycles. The van der Waals surface area contributed by atoms with E-state index in [0.717, 1.165) is 24.1 Å². The van der Waals surface area contributed by atoms with E-state index >= 15 is 0 Å². The molecule has 1 aromatic rings. The molecule has 21 heavy (non-hydrogen) atoms. The fourth-order valence-corrected chi connectivity index (χ4v) is 2.27. The summed E-state index contributed by atoms with van der Waals surface area (Å²) in [6, 6.07) is 7.56. The van der Waals surface area contributed by atoms with Crippen molar-refractivity contribution in [2.24, 2.45) is 5.73 Å². The quantitative estimate of drug-likeness (QED) is 0.760. The molecule has 116 valence electrons. The van der Waals surface area contributed by atoms with E-state index in [0.29, 0.717) is 4.99 Å². The minimum absolute atomic E-state index is 0.0388. The van der Waals surface area contributed by atoms with E-state index in [2.05, 4.69) is 12.2 Å². The molecular formula is C16H25N3OS. The van der Waals surface area contributed by atoms with E-state index in [1.807, 2.05) is 50.1 Å². The maximum Gasteiger partial charge on any atom is 0.242 e. The molecule has 0 aliphatic rings. The highest BCUT2D eigenvalue weighted by Gasteiger charge is 2.19. The van der Waals surface area contributed by atoms with Gasteiger partial charge in [-0.25, -0.2) is 0 Å². The summed E-state index contributed by atoms with van der Waals surface area (Å²) in [5.74, 6) is 0.0388. The summed E-state index contributed by atoms with van der Waals surface area (Å²) in [6.45, 7) is 6.04. The summed E-state index contributed by atoms with van der Waals surface area (Å²) in [5, 5.41) is 3.04. The number of carbonyl (C=O) groups excluding carboxylic acids is 1. The highest BCUT2D eigenvalue weighted by atomic mass is 32.1. The van der Waals surface area contributed by atoms with Crippen LogP contribution in [-0.4, -0.2) is 30.0 Å². The van der Waals surface area contributed by atoms with Crippen LogP contribution in [0.4, 0.5) is 5.69 Å². The fourth-order valence-electron chi connectivity index (χ4n) is 2.13. The van der Waals surface area contributed by atoms with Crippen LogP contribution in [0.3, 0.4) is 0 Å². The van der Waals surface area contributed by atoms with Crippen LogP contribution in [0.25, 0.3) is 0 Å². The molecule has 2 unspecified atom stereocenters. The van der Waals surface area contributed by atoms with Gasteiger partial charge in [0.25, 0.3) is 0 Å². The fraction of sp³-hybridized carbons (Fsp3) is 0.500. The normalized spacial score (nSPS) is 13.3. The van der Waals surface area contributed by atoms with Crippen LogP contribution in [0.15, 0.2) is 24.3 Å². The molecule has 0 saturated carbocycles. The molecule has 5 heteroatoms. The highest BCUT2D eigenvalue weighted by molar-refractivity contribution is 7.80. The lowest BCUT2D eigenvalue weighted by Gasteiger charge is -2.27. The Morgan fingerprint density at radius 2 is 1.90 bits per heavy atom. The first kappa shape index (κ1) is 17.4. The topological polar surface area (TPSA) is 58.4 Å². The zero-order valence-corrected chi connectivity index (χ0v) is 14.0. The van der Waals surface area contributed by atoms with Gasteiger partial charge in [0.15, 0.2) is 0 Å². The number of rotatable bonds is 7. The van der Waals surface area contributed by atoms with Gasteiger partial charge in [0.05, 0.1) is 0 Å². The molecule has 2 atom stereocenters. The summed E-state index contributed by atoms with van der Waals surface area (Å²) in [4.78, 5) is 14.5. The van der Waals surface area contributed by atoms with Crippen LogP contribution in [0, 0.1) is 0 Å². The molecule has 0 fully saturated rings. The number of thiocarbonyl (C=S) groups is 1. The number of nitrogens with one attached hydrogen (secondary N) is 1. The molecule has 3 N–H and O–H groups in total. The predicted octanol–water partition coefficient (Wildman–Crippen LogP) is 2.45. The van der Waals surface area contributed by atoms with E-state index in [1.165, 1.54) is 0 Å². The smallest absolute Gasteiger partial charge is 0.242 e. The molecule has 0 aliphatic heterocycles. The van der Waals surface area contributed by atoms with Gasteiger partial charge in [-0.1, -0.05) is 25.6 Å². The number of nitrogens with two attached hydrogens (primary N) is 1. The van der Waals surface area contributed by atoms with E-state index in [9.17, 15) is 4.79 Å². The second-order valence-electron chi connectivity index (χ2n) is 5.40. The number of carbonyl (C=O) groups is 1. The third-order valence-corrected chi connectivity index (χ3v) is 3.87. The Morgan fingerprint density at radius 3 is 2.38 bits per heavy atom. The van der Waals surface area contributed by atoms with Crippen molar-refractivity contribution in [2.45, 2.75) is 45.7 Å². The molecule has 0 bridgehead atoms. The molecule has 0 aromatic heterocycles. The SMILES string of the molecule is CCCC(C)NC(=O)C(C)N(C)c1ccc(C(N)=S)cc1. The summed E-state index contributed by atoms with van der Waals surface area (Å²) in [7, 11) is 1.91. The molecule has 1 aromatic carbocycles. The van der Waals surface area contributed by atoms with Crippen molar-refractivity contribution in [1.82, 2.24) is 5.32 Å². The average Bonchev–Trinajstić information content (AvgIpc) is 2.45. The summed E-state index contributed by atoms with van der Waals surface area (Å²) in [5.41, 5.74) is 7.37. The van der Waals surface area contributed by atoms with Gasteiger partial charge in [-0.2, -0.15) is 0 Å². The number of hydrogen-bond acceptors (Lipinski definition) is 3. The lowest BCUT2D eigenvalue weighted by atomic mass is 10.1. The number of nitrogens with zero attached hydrogens (tertiary/aromatic N) is 1. The van der Waals surface area contributed by atoms with Crippen LogP contribution < -0.4 is 16.0 Å². The van der Waals surface area contributed by atoms with E-state index < -0.39 is 0 Å². The lowest BCUT2D eigenvalue weighted by Crippen LogP contribution is -2.46. The summed E-state index contributed by atoms with van der Waals surface area (Å²) < 4.78 is 0. The first-order valence-corrected chi connectivity index (χ1v) is 7.70. The number of likely N-dealkylation sites (N-methyl/N-ethyl adjacent to an activating group) is 1. The summed E-state index contributed by atoms with van der Waals surface area (Å²) in [6.07, 6.45) is 2.05. The highest BCUT2D eigenvalue weighted by Crippen LogP contribution is 2.16. The molecule has 0 aliphatic carbocycles. The maximum atomic E-state index is 12.2. The van der Waals surface area contributed by atoms with Crippen molar-refractivity contribution in [3.8, 4) is 0 Å². The van der Waals surface area contributed by atoms with E-state index in [1.54, 1.807) is 0 Å². The van der Waals surface area contributed by atoms with Crippen LogP contribution in [0.2, 0.25) is 0 Å². The Kier molecular flexibility index (Phi) is 6.62. The van der Waals surface area contributed by atoms with Crippen LogP contribution in [0.1, 0.15) is 39.2 Å². The van der Waals surface area contributed by atoms with Gasteiger partial charge >= 0.3 is 0 Å². The third-order valence-electron chi connectivity index (χ3n) is 3.63. The van der Waals surface area contributed by atoms with Gasteiger partial charge in [-0.3, -0.25) is 4.79 Å². The number of amides is 1. The van der Waals surface area contributed by atoms with Gasteiger partial charge in [-0.05, 0) is 44.5 Å².